The minimum absolute atomic E-state index is 0. The van der Waals surface area contributed by atoms with E-state index in [1.54, 1.807) is 0 Å². The zero-order valence-electron chi connectivity index (χ0n) is 82.4. The lowest BCUT2D eigenvalue weighted by Gasteiger charge is -2.17. The molecular formula is C111H206O14. The molecule has 0 rings (SSSR count). The van der Waals surface area contributed by atoms with Gasteiger partial charge in [-0.15, -0.1) is 0 Å². The summed E-state index contributed by atoms with van der Waals surface area (Å²) in [6.07, 6.45) is 107. The van der Waals surface area contributed by atoms with Crippen molar-refractivity contribution in [2.45, 2.75) is 600 Å². The Labute approximate surface area is 772 Å². The fourth-order valence-electron chi connectivity index (χ4n) is 15.4. The number of aliphatic hydroxyl groups excluding tert-OH is 2. The summed E-state index contributed by atoms with van der Waals surface area (Å²) in [7, 11) is 0. The second-order valence-corrected chi connectivity index (χ2v) is 36.0. The van der Waals surface area contributed by atoms with Crippen molar-refractivity contribution < 1.29 is 68.1 Å². The maximum absolute atomic E-state index is 12.7. The maximum Gasteiger partial charge on any atom is 0.306 e. The molecule has 0 aliphatic carbocycles. The van der Waals surface area contributed by atoms with Crippen molar-refractivity contribution in [2.24, 2.45) is 0 Å². The number of rotatable bonds is 93. The van der Waals surface area contributed by atoms with Gasteiger partial charge in [-0.2, -0.15) is 0 Å². The topological polar surface area (TPSA) is 220 Å². The van der Waals surface area contributed by atoms with Gasteiger partial charge in [-0.3, -0.25) is 28.8 Å². The predicted octanol–water partition coefficient (Wildman–Crippen LogP) is 34.1. The van der Waals surface area contributed by atoms with Crippen LogP contribution in [0.1, 0.15) is 564 Å². The fourth-order valence-corrected chi connectivity index (χ4v) is 15.4. The van der Waals surface area contributed by atoms with Crippen LogP contribution in [0.4, 0.5) is 0 Å². The van der Waals surface area contributed by atoms with Gasteiger partial charge in [0.2, 0.25) is 0 Å². The monoisotopic (exact) mass is 1760 g/mol. The van der Waals surface area contributed by atoms with Crippen LogP contribution >= 0.6 is 0 Å². The second-order valence-electron chi connectivity index (χ2n) is 36.0. The smallest absolute Gasteiger partial charge is 0.306 e. The zero-order valence-corrected chi connectivity index (χ0v) is 82.4. The summed E-state index contributed by atoms with van der Waals surface area (Å²) in [5.74, 6) is -1.52. The molecule has 0 aliphatic heterocycles. The number of carboxylic acids is 2. The molecule has 6 atom stereocenters. The van der Waals surface area contributed by atoms with Gasteiger partial charge in [0.1, 0.15) is 24.4 Å². The van der Waals surface area contributed by atoms with Crippen LogP contribution in [-0.2, 0) is 47.7 Å². The predicted molar refractivity (Wildman–Crippen MR) is 534 cm³/mol. The molecule has 0 aromatic carbocycles. The van der Waals surface area contributed by atoms with Crippen LogP contribution in [0.2, 0.25) is 0 Å². The van der Waals surface area contributed by atoms with E-state index >= 15 is 0 Å². The van der Waals surface area contributed by atoms with Crippen molar-refractivity contribution in [1.82, 2.24) is 0 Å². The molecule has 0 saturated heterocycles. The lowest BCUT2D eigenvalue weighted by Crippen LogP contribution is -2.17. The van der Waals surface area contributed by atoms with Gasteiger partial charge < -0.3 is 39.4 Å². The number of aliphatic hydroxyl groups is 2. The molecule has 0 bridgehead atoms. The fraction of sp³-hybridized carbons (Fsp3) is 0.838. The van der Waals surface area contributed by atoms with Crippen molar-refractivity contribution in [1.29, 1.82) is 0 Å². The van der Waals surface area contributed by atoms with Gasteiger partial charge >= 0.3 is 35.8 Å². The molecule has 0 radical (unpaired) electrons. The van der Waals surface area contributed by atoms with E-state index in [9.17, 15) is 39.0 Å². The molecule has 0 aliphatic rings. The first-order valence-electron chi connectivity index (χ1n) is 53.0. The van der Waals surface area contributed by atoms with Crippen LogP contribution in [-0.4, -0.2) is 92.9 Å². The number of carbonyl (C=O) groups is 6. The third-order valence-corrected chi connectivity index (χ3v) is 23.6. The number of ether oxygens (including phenoxy) is 4. The van der Waals surface area contributed by atoms with Crippen molar-refractivity contribution in [2.75, 3.05) is 0 Å². The highest BCUT2D eigenvalue weighted by Gasteiger charge is 2.18. The van der Waals surface area contributed by atoms with Crippen LogP contribution < -0.4 is 0 Å². The molecule has 0 aromatic rings. The lowest BCUT2D eigenvalue weighted by atomic mass is 10.0. The Morgan fingerprint density at radius 1 is 0.224 bits per heavy atom. The molecule has 4 N–H and O–H groups in total. The quantitative estimate of drug-likeness (QED) is 0.0193. The molecule has 0 heterocycles. The minimum Gasteiger partial charge on any atom is -0.481 e. The number of aliphatic carboxylic acids is 2. The molecule has 734 valence electrons. The Morgan fingerprint density at radius 2 is 0.416 bits per heavy atom. The first-order valence-corrected chi connectivity index (χ1v) is 53.0. The van der Waals surface area contributed by atoms with E-state index in [4.69, 9.17) is 29.2 Å². The largest absolute Gasteiger partial charge is 0.481 e. The van der Waals surface area contributed by atoms with Crippen LogP contribution in [0.5, 0.6) is 0 Å². The standard InChI is InChI=1S/C47H84O6.C45H84O5.C18H34O3.CH4/c1-4-7-10-13-14-22-27-34-41-46(50)52-44(37-30-12-9-6-3)39-32-25-20-16-18-23-28-35-42-47(51)53-43(36-29-11-8-5-2)38-31-24-19-15-17-21-26-33-40-45(48)49;1-5-9-12-27-34-41(46)35-28-23-19-15-17-21-26-33-40-45(48)50-43(37-30-14-11-7-3)38-31-24-20-16-18-22-25-32-39-44(47)49-42(8-4)36-29-13-10-6-2;1-2-3-4-11-14-17(19)15-12-9-7-5-6-8-10-13-16-18(20)21;/h4,7,24-25,31-32,43-44H,5-6,8-23,26-30,33-42H2,1-3H3,(H,48,49);23-24,28,31,41-43,46H,5-22,25-27,29-30,32-40H2,1-4H3;9,12,17,19H,2-8,10-11,13-16H2,1H3,(H,20,21);1H4/b7-4-,31-24-,32-25-;28-23-,31-24-;12-9-;. The van der Waals surface area contributed by atoms with Crippen LogP contribution in [0.3, 0.4) is 0 Å². The highest BCUT2D eigenvalue weighted by atomic mass is 16.6. The number of allylic oxidation sites excluding steroid dienone is 7. The summed E-state index contributed by atoms with van der Waals surface area (Å²) in [6, 6.07) is 0. The summed E-state index contributed by atoms with van der Waals surface area (Å²) < 4.78 is 23.5. The van der Waals surface area contributed by atoms with Crippen molar-refractivity contribution in [3.63, 3.8) is 0 Å². The normalized spacial score (nSPS) is 13.1. The third kappa shape index (κ3) is 106. The number of unbranched alkanes of at least 4 members (excludes halogenated alkanes) is 48. The maximum atomic E-state index is 12.7. The first-order chi connectivity index (χ1) is 60.5. The number of hydrogen-bond donors (Lipinski definition) is 4. The molecule has 0 fully saturated rings. The number of esters is 4. The molecule has 0 saturated carbocycles. The average molecular weight is 1760 g/mol. The van der Waals surface area contributed by atoms with Gasteiger partial charge in [0.15, 0.2) is 0 Å². The van der Waals surface area contributed by atoms with E-state index < -0.39 is 11.9 Å². The van der Waals surface area contributed by atoms with E-state index in [2.05, 4.69) is 128 Å². The van der Waals surface area contributed by atoms with Crippen molar-refractivity contribution in [3.8, 4) is 0 Å². The van der Waals surface area contributed by atoms with Gasteiger partial charge in [0, 0.05) is 57.8 Å². The highest BCUT2D eigenvalue weighted by molar-refractivity contribution is 5.71. The molecule has 125 heavy (non-hydrogen) atoms. The SMILES string of the molecule is C.C/C=C\CCCCCCCC(=O)OC(C/C=C\CCCCCCCC(=O)OC(C/C=C\CCCCCCCC(=O)O)CCCCCC)CCCCCC.CCCCCCC(O)C/C=C\CCCCCCCC(=O)O.CCCCCCC(O)C/C=C\CCCCCCCC(=O)OC(C/C=C\CCCCCCCC(=O)OC(CC)CCCCCC)CCCCCC. The van der Waals surface area contributed by atoms with Crippen LogP contribution in [0.25, 0.3) is 0 Å². The number of carboxylic acid groups (broad SMARTS) is 2. The summed E-state index contributed by atoms with van der Waals surface area (Å²) in [5.41, 5.74) is 0. The van der Waals surface area contributed by atoms with Gasteiger partial charge in [0.25, 0.3) is 0 Å². The molecule has 0 spiro atoms. The molecule has 14 nitrogen and oxygen atoms in total. The van der Waals surface area contributed by atoms with E-state index in [-0.39, 0.29) is 74.3 Å². The van der Waals surface area contributed by atoms with Crippen molar-refractivity contribution >= 4 is 35.8 Å². The third-order valence-electron chi connectivity index (χ3n) is 23.6. The highest BCUT2D eigenvalue weighted by Crippen LogP contribution is 2.23. The Hall–Kier alpha value is -4.82. The molecule has 0 aromatic heterocycles. The minimum atomic E-state index is -0.703. The molecular weight excluding hydrogens is 1560 g/mol. The van der Waals surface area contributed by atoms with E-state index in [1.165, 1.54) is 161 Å². The Balaban J connectivity index is -0.000000949. The van der Waals surface area contributed by atoms with E-state index in [0.29, 0.717) is 32.1 Å². The van der Waals surface area contributed by atoms with Crippen molar-refractivity contribution in [3.05, 3.63) is 72.9 Å². The van der Waals surface area contributed by atoms with E-state index in [0.717, 1.165) is 302 Å². The number of carbonyl (C=O) groups excluding carboxylic acids is 4. The van der Waals surface area contributed by atoms with Crippen LogP contribution in [0.15, 0.2) is 72.9 Å². The summed E-state index contributed by atoms with van der Waals surface area (Å²) in [4.78, 5) is 71.0. The summed E-state index contributed by atoms with van der Waals surface area (Å²) in [5, 5.41) is 37.1. The average Bonchev–Trinajstić information content (AvgIpc) is 0.965. The van der Waals surface area contributed by atoms with Crippen LogP contribution in [0, 0.1) is 0 Å². The Kier molecular flexibility index (Phi) is 107. The molecule has 6 unspecified atom stereocenters. The Bertz CT molecular complexity index is 2460. The van der Waals surface area contributed by atoms with E-state index in [1.807, 2.05) is 0 Å². The van der Waals surface area contributed by atoms with Gasteiger partial charge in [-0.25, -0.2) is 0 Å². The summed E-state index contributed by atoms with van der Waals surface area (Å²) in [6.45, 7) is 17.5. The van der Waals surface area contributed by atoms with Gasteiger partial charge in [-0.1, -0.05) is 373 Å². The Morgan fingerprint density at radius 3 is 0.648 bits per heavy atom. The molecule has 0 amide bonds. The lowest BCUT2D eigenvalue weighted by molar-refractivity contribution is -0.150. The van der Waals surface area contributed by atoms with Gasteiger partial charge in [-0.05, 0) is 206 Å². The molecule has 14 heteroatoms. The number of hydrogen-bond acceptors (Lipinski definition) is 12. The summed E-state index contributed by atoms with van der Waals surface area (Å²) >= 11 is 0. The zero-order chi connectivity index (χ0) is 91.4. The second kappa shape index (κ2) is 106. The van der Waals surface area contributed by atoms with Gasteiger partial charge in [0.05, 0.1) is 12.2 Å². The first kappa shape index (κ1) is 126.